The number of carbonyl (C=O) groups excluding carboxylic acids is 1. The maximum atomic E-state index is 12.5. The van der Waals surface area contributed by atoms with Gasteiger partial charge in [-0.05, 0) is 30.2 Å². The fraction of sp³-hybridized carbons (Fsp3) is 0.368. The third-order valence-corrected chi connectivity index (χ3v) is 4.21. The second kappa shape index (κ2) is 7.93. The Labute approximate surface area is 143 Å². The van der Waals surface area contributed by atoms with Gasteiger partial charge in [0, 0.05) is 43.2 Å². The number of benzene rings is 1. The van der Waals surface area contributed by atoms with Crippen molar-refractivity contribution in [3.63, 3.8) is 0 Å². The topological polar surface area (TPSA) is 57.3 Å². The van der Waals surface area contributed by atoms with E-state index in [1.807, 2.05) is 30.5 Å². The Morgan fingerprint density at radius 1 is 1.29 bits per heavy atom. The van der Waals surface area contributed by atoms with Crippen LogP contribution in [0.15, 0.2) is 42.7 Å². The number of hydrogen-bond acceptors (Lipinski definition) is 4. The molecule has 0 radical (unpaired) electrons. The molecule has 0 unspecified atom stereocenters. The van der Waals surface area contributed by atoms with Crippen molar-refractivity contribution in [3.8, 4) is 0 Å². The van der Waals surface area contributed by atoms with Gasteiger partial charge in [0.2, 0.25) is 0 Å². The van der Waals surface area contributed by atoms with Gasteiger partial charge in [-0.3, -0.25) is 9.78 Å². The molecule has 2 heterocycles. The van der Waals surface area contributed by atoms with E-state index < -0.39 is 0 Å². The van der Waals surface area contributed by atoms with Crippen LogP contribution in [0.5, 0.6) is 0 Å². The highest BCUT2D eigenvalue weighted by Crippen LogP contribution is 2.29. The minimum atomic E-state index is 0.0213. The smallest absolute Gasteiger partial charge is 0.251 e. The average molecular weight is 324 g/mol. The summed E-state index contributed by atoms with van der Waals surface area (Å²) in [7, 11) is 0. The summed E-state index contributed by atoms with van der Waals surface area (Å²) >= 11 is 0. The van der Waals surface area contributed by atoms with Crippen LogP contribution < -0.4 is 10.7 Å². The summed E-state index contributed by atoms with van der Waals surface area (Å²) in [5.74, 6) is 0.0213. The van der Waals surface area contributed by atoms with E-state index in [9.17, 15) is 4.79 Å². The van der Waals surface area contributed by atoms with Gasteiger partial charge in [-0.1, -0.05) is 31.9 Å². The highest BCUT2D eigenvalue weighted by atomic mass is 16.1. The number of rotatable bonds is 7. The lowest BCUT2D eigenvalue weighted by Crippen LogP contribution is -2.26. The molecule has 0 fully saturated rings. The molecule has 0 saturated heterocycles. The molecule has 5 nitrogen and oxygen atoms in total. The van der Waals surface area contributed by atoms with Gasteiger partial charge in [-0.15, -0.1) is 0 Å². The molecule has 0 spiro atoms. The molecule has 1 amide bonds. The van der Waals surface area contributed by atoms with Crippen molar-refractivity contribution in [1.82, 2.24) is 15.3 Å². The fourth-order valence-electron chi connectivity index (χ4n) is 2.96. The van der Waals surface area contributed by atoms with Gasteiger partial charge >= 0.3 is 0 Å². The lowest BCUT2D eigenvalue weighted by Gasteiger charge is -2.15. The van der Waals surface area contributed by atoms with Crippen molar-refractivity contribution in [1.29, 1.82) is 0 Å². The fourth-order valence-corrected chi connectivity index (χ4v) is 2.96. The summed E-state index contributed by atoms with van der Waals surface area (Å²) < 4.78 is 0. The van der Waals surface area contributed by atoms with E-state index in [2.05, 4.69) is 33.7 Å². The van der Waals surface area contributed by atoms with Crippen molar-refractivity contribution in [2.24, 2.45) is 0 Å². The number of aromatic nitrogens is 1. The Balaban J connectivity index is 1.65. The van der Waals surface area contributed by atoms with Gasteiger partial charge in [-0.2, -0.15) is 0 Å². The van der Waals surface area contributed by atoms with Crippen molar-refractivity contribution < 1.29 is 4.79 Å². The maximum absolute atomic E-state index is 12.5. The molecule has 3 rings (SSSR count). The Hall–Kier alpha value is -2.40. The molecule has 1 aliphatic heterocycles. The minimum Gasteiger partial charge on any atom is -0.352 e. The first kappa shape index (κ1) is 16.5. The highest BCUT2D eigenvalue weighted by Gasteiger charge is 2.23. The molecule has 5 heteroatoms. The lowest BCUT2D eigenvalue weighted by atomic mass is 10.1. The number of nitrogens with one attached hydrogen (secondary N) is 2. The third kappa shape index (κ3) is 3.92. The molecule has 126 valence electrons. The summed E-state index contributed by atoms with van der Waals surface area (Å²) in [5, 5.41) is 5.14. The first-order valence-corrected chi connectivity index (χ1v) is 8.58. The third-order valence-electron chi connectivity index (χ3n) is 4.21. The summed E-state index contributed by atoms with van der Waals surface area (Å²) in [6, 6.07) is 9.85. The normalized spacial score (nSPS) is 13.4. The number of hydrazine groups is 1. The number of nitrogens with zero attached hydrogens (tertiary/aromatic N) is 2. The zero-order chi connectivity index (χ0) is 16.8. The Bertz CT molecular complexity index is 687. The van der Waals surface area contributed by atoms with Crippen LogP contribution in [0.1, 0.15) is 47.7 Å². The van der Waals surface area contributed by atoms with Crippen LogP contribution in [-0.4, -0.2) is 22.4 Å². The van der Waals surface area contributed by atoms with Crippen molar-refractivity contribution in [2.45, 2.75) is 39.3 Å². The molecule has 2 N–H and O–H groups in total. The number of amides is 1. The summed E-state index contributed by atoms with van der Waals surface area (Å²) in [5.41, 5.74) is 7.37. The molecule has 0 bridgehead atoms. The first-order valence-electron chi connectivity index (χ1n) is 8.58. The number of anilines is 1. The number of pyridine rings is 1. The second-order valence-corrected chi connectivity index (χ2v) is 6.12. The lowest BCUT2D eigenvalue weighted by molar-refractivity contribution is 0.0951. The number of unbranched alkanes of at least 4 members (excludes halogenated alkanes) is 2. The quantitative estimate of drug-likeness (QED) is 0.767. The van der Waals surface area contributed by atoms with Crippen molar-refractivity contribution in [2.75, 3.05) is 12.0 Å². The standard InChI is InChI=1S/C19H24N4O/c1-2-3-4-11-21-19(24)16-8-5-9-18-17(16)14-23(22-18)13-15-7-6-10-20-12-15/h5-10,12,22H,2-4,11,13-14H2,1H3,(H,21,24). The van der Waals surface area contributed by atoms with E-state index in [0.717, 1.165) is 54.7 Å². The molecule has 24 heavy (non-hydrogen) atoms. The Morgan fingerprint density at radius 3 is 3.00 bits per heavy atom. The number of carbonyl (C=O) groups is 1. The molecule has 0 saturated carbocycles. The number of fused-ring (bicyclic) bond motifs is 1. The molecule has 1 aromatic carbocycles. The molecule has 2 aromatic rings. The van der Waals surface area contributed by atoms with Crippen LogP contribution in [0.3, 0.4) is 0 Å². The van der Waals surface area contributed by atoms with Crippen LogP contribution >= 0.6 is 0 Å². The molecule has 0 aliphatic carbocycles. The monoisotopic (exact) mass is 324 g/mol. The molecule has 1 aromatic heterocycles. The van der Waals surface area contributed by atoms with E-state index in [-0.39, 0.29) is 5.91 Å². The SMILES string of the molecule is CCCCCNC(=O)c1cccc2c1CN(Cc1cccnc1)N2. The predicted octanol–water partition coefficient (Wildman–Crippen LogP) is 3.34. The summed E-state index contributed by atoms with van der Waals surface area (Å²) in [6.07, 6.45) is 6.97. The van der Waals surface area contributed by atoms with Crippen LogP contribution in [0.25, 0.3) is 0 Å². The summed E-state index contributed by atoms with van der Waals surface area (Å²) in [6.45, 7) is 4.36. The van der Waals surface area contributed by atoms with Crippen LogP contribution in [0, 0.1) is 0 Å². The minimum absolute atomic E-state index is 0.0213. The van der Waals surface area contributed by atoms with Crippen LogP contribution in [0.4, 0.5) is 5.69 Å². The van der Waals surface area contributed by atoms with E-state index in [4.69, 9.17) is 0 Å². The van der Waals surface area contributed by atoms with Gasteiger partial charge in [0.15, 0.2) is 0 Å². The van der Waals surface area contributed by atoms with E-state index in [1.165, 1.54) is 0 Å². The molecule has 1 aliphatic rings. The first-order chi connectivity index (χ1) is 11.8. The van der Waals surface area contributed by atoms with E-state index in [0.29, 0.717) is 6.54 Å². The van der Waals surface area contributed by atoms with Gasteiger partial charge in [0.1, 0.15) is 0 Å². The Morgan fingerprint density at radius 2 is 2.21 bits per heavy atom. The largest absolute Gasteiger partial charge is 0.352 e. The van der Waals surface area contributed by atoms with Crippen molar-refractivity contribution >= 4 is 11.6 Å². The van der Waals surface area contributed by atoms with E-state index in [1.54, 1.807) is 6.20 Å². The maximum Gasteiger partial charge on any atom is 0.251 e. The van der Waals surface area contributed by atoms with Crippen LogP contribution in [0.2, 0.25) is 0 Å². The average Bonchev–Trinajstić information content (AvgIpc) is 3.01. The summed E-state index contributed by atoms with van der Waals surface area (Å²) in [4.78, 5) is 16.6. The predicted molar refractivity (Wildman–Crippen MR) is 95.4 cm³/mol. The van der Waals surface area contributed by atoms with Crippen molar-refractivity contribution in [3.05, 3.63) is 59.4 Å². The van der Waals surface area contributed by atoms with Gasteiger partial charge < -0.3 is 10.7 Å². The number of hydrogen-bond donors (Lipinski definition) is 2. The zero-order valence-electron chi connectivity index (χ0n) is 14.1. The van der Waals surface area contributed by atoms with E-state index >= 15 is 0 Å². The Kier molecular flexibility index (Phi) is 5.43. The molecule has 0 atom stereocenters. The molecular weight excluding hydrogens is 300 g/mol. The highest BCUT2D eigenvalue weighted by molar-refractivity contribution is 5.97. The molecular formula is C19H24N4O. The van der Waals surface area contributed by atoms with Gasteiger partial charge in [0.25, 0.3) is 5.91 Å². The zero-order valence-corrected chi connectivity index (χ0v) is 14.1. The van der Waals surface area contributed by atoms with Gasteiger partial charge in [0.05, 0.1) is 5.69 Å². The second-order valence-electron chi connectivity index (χ2n) is 6.12. The van der Waals surface area contributed by atoms with Crippen LogP contribution in [-0.2, 0) is 13.1 Å². The van der Waals surface area contributed by atoms with Gasteiger partial charge in [-0.25, -0.2) is 5.01 Å².